The second-order valence-electron chi connectivity index (χ2n) is 4.28. The van der Waals surface area contributed by atoms with E-state index in [0.717, 1.165) is 19.5 Å². The Morgan fingerprint density at radius 1 is 1.67 bits per heavy atom. The lowest BCUT2D eigenvalue weighted by atomic mass is 10.0. The number of urea groups is 1. The molecule has 0 aromatic heterocycles. The zero-order valence-electron chi connectivity index (χ0n) is 9.58. The molecule has 1 aliphatic rings. The monoisotopic (exact) mass is 215 g/mol. The van der Waals surface area contributed by atoms with Gasteiger partial charge in [0.15, 0.2) is 0 Å². The minimum atomic E-state index is -0.257. The Morgan fingerprint density at radius 3 is 2.93 bits per heavy atom. The van der Waals surface area contributed by atoms with Crippen molar-refractivity contribution in [2.24, 2.45) is 5.73 Å². The normalized spacial score (nSPS) is 20.2. The van der Waals surface area contributed by atoms with Gasteiger partial charge in [0.1, 0.15) is 0 Å². The van der Waals surface area contributed by atoms with Crippen molar-refractivity contribution in [2.75, 3.05) is 32.8 Å². The van der Waals surface area contributed by atoms with Crippen LogP contribution in [0.4, 0.5) is 4.79 Å². The first kappa shape index (κ1) is 12.3. The molecule has 0 aliphatic carbocycles. The average Bonchev–Trinajstić information content (AvgIpc) is 2.59. The van der Waals surface area contributed by atoms with Crippen LogP contribution < -0.4 is 11.1 Å². The molecule has 1 rings (SSSR count). The average molecular weight is 215 g/mol. The van der Waals surface area contributed by atoms with E-state index >= 15 is 0 Å². The fourth-order valence-corrected chi connectivity index (χ4v) is 1.31. The van der Waals surface area contributed by atoms with Gasteiger partial charge in [0.25, 0.3) is 0 Å². The second kappa shape index (κ2) is 5.32. The molecule has 3 N–H and O–H groups in total. The Kier molecular flexibility index (Phi) is 4.35. The number of hydrogen-bond acceptors (Lipinski definition) is 3. The van der Waals surface area contributed by atoms with E-state index in [-0.39, 0.29) is 11.6 Å². The second-order valence-corrected chi connectivity index (χ2v) is 4.28. The van der Waals surface area contributed by atoms with Crippen LogP contribution in [0.25, 0.3) is 0 Å². The van der Waals surface area contributed by atoms with Crippen LogP contribution in [0.5, 0.6) is 0 Å². The maximum atomic E-state index is 11.2. The van der Waals surface area contributed by atoms with Crippen molar-refractivity contribution in [3.8, 4) is 0 Å². The van der Waals surface area contributed by atoms with E-state index in [0.29, 0.717) is 19.8 Å². The number of nitrogens with zero attached hydrogens (tertiary/aromatic N) is 1. The van der Waals surface area contributed by atoms with E-state index in [2.05, 4.69) is 5.32 Å². The first-order valence-electron chi connectivity index (χ1n) is 5.44. The molecule has 1 heterocycles. The van der Waals surface area contributed by atoms with Gasteiger partial charge in [-0.15, -0.1) is 0 Å². The number of nitrogens with two attached hydrogens (primary N) is 1. The third-order valence-corrected chi connectivity index (χ3v) is 2.69. The number of carbonyl (C=O) groups is 1. The summed E-state index contributed by atoms with van der Waals surface area (Å²) in [5.41, 5.74) is 5.66. The van der Waals surface area contributed by atoms with Crippen LogP contribution in [0.2, 0.25) is 0 Å². The van der Waals surface area contributed by atoms with Gasteiger partial charge in [0.2, 0.25) is 0 Å². The van der Waals surface area contributed by atoms with Crippen LogP contribution in [0.1, 0.15) is 20.3 Å². The molecule has 88 valence electrons. The van der Waals surface area contributed by atoms with Gasteiger partial charge in [-0.05, 0) is 13.3 Å². The zero-order chi connectivity index (χ0) is 11.3. The highest BCUT2D eigenvalue weighted by atomic mass is 16.5. The van der Waals surface area contributed by atoms with Gasteiger partial charge < -0.3 is 20.7 Å². The molecule has 1 aliphatic heterocycles. The van der Waals surface area contributed by atoms with Crippen LogP contribution in [0, 0.1) is 0 Å². The van der Waals surface area contributed by atoms with Gasteiger partial charge in [-0.3, -0.25) is 0 Å². The van der Waals surface area contributed by atoms with Crippen LogP contribution >= 0.6 is 0 Å². The van der Waals surface area contributed by atoms with Gasteiger partial charge in [-0.25, -0.2) is 4.79 Å². The van der Waals surface area contributed by atoms with E-state index in [9.17, 15) is 4.79 Å². The molecule has 0 aromatic rings. The molecule has 2 amide bonds. The lowest BCUT2D eigenvalue weighted by Gasteiger charge is -2.23. The number of amides is 2. The molecular weight excluding hydrogens is 194 g/mol. The van der Waals surface area contributed by atoms with Crippen molar-refractivity contribution >= 4 is 6.03 Å². The summed E-state index contributed by atoms with van der Waals surface area (Å²) < 4.78 is 5.45. The first-order valence-corrected chi connectivity index (χ1v) is 5.44. The van der Waals surface area contributed by atoms with Crippen LogP contribution in [0.3, 0.4) is 0 Å². The number of carbonyl (C=O) groups excluding carboxylic acids is 1. The quantitative estimate of drug-likeness (QED) is 0.620. The summed E-state index contributed by atoms with van der Waals surface area (Å²) in [7, 11) is 0. The van der Waals surface area contributed by atoms with Gasteiger partial charge in [-0.1, -0.05) is 6.92 Å². The lowest BCUT2D eigenvalue weighted by molar-refractivity contribution is 0.0786. The minimum Gasteiger partial charge on any atom is -0.378 e. The third kappa shape index (κ3) is 4.05. The summed E-state index contributed by atoms with van der Waals surface area (Å²) in [6.45, 7) is 7.26. The van der Waals surface area contributed by atoms with E-state index in [1.54, 1.807) is 4.90 Å². The highest BCUT2D eigenvalue weighted by Gasteiger charge is 2.19. The number of ether oxygens (including phenoxy) is 1. The molecular formula is C10H21N3O2. The molecule has 0 radical (unpaired) electrons. The van der Waals surface area contributed by atoms with Gasteiger partial charge in [0, 0.05) is 25.2 Å². The maximum absolute atomic E-state index is 11.2. The molecule has 0 bridgehead atoms. The molecule has 0 spiro atoms. The van der Waals surface area contributed by atoms with Crippen molar-refractivity contribution in [2.45, 2.75) is 25.8 Å². The number of nitrogens with one attached hydrogen (secondary N) is 1. The van der Waals surface area contributed by atoms with Crippen LogP contribution in [-0.4, -0.2) is 49.3 Å². The summed E-state index contributed by atoms with van der Waals surface area (Å²) in [5.74, 6) is 0. The molecule has 15 heavy (non-hydrogen) atoms. The predicted octanol–water partition coefficient (Wildman–Crippen LogP) is 0.156. The first-order chi connectivity index (χ1) is 7.05. The minimum absolute atomic E-state index is 0.00426. The molecule has 1 atom stereocenters. The van der Waals surface area contributed by atoms with Crippen molar-refractivity contribution in [1.82, 2.24) is 10.2 Å². The fourth-order valence-electron chi connectivity index (χ4n) is 1.31. The maximum Gasteiger partial charge on any atom is 0.317 e. The summed E-state index contributed by atoms with van der Waals surface area (Å²) in [6, 6.07) is 0.00426. The summed E-state index contributed by atoms with van der Waals surface area (Å²) in [6.07, 6.45) is 0.886. The third-order valence-electron chi connectivity index (χ3n) is 2.69. The Labute approximate surface area is 90.9 Å². The lowest BCUT2D eigenvalue weighted by Crippen LogP contribution is -2.41. The van der Waals surface area contributed by atoms with Crippen molar-refractivity contribution in [3.63, 3.8) is 0 Å². The van der Waals surface area contributed by atoms with Crippen molar-refractivity contribution in [3.05, 3.63) is 0 Å². The highest BCUT2D eigenvalue weighted by Crippen LogP contribution is 2.05. The molecule has 0 aromatic carbocycles. The summed E-state index contributed by atoms with van der Waals surface area (Å²) in [5, 5.41) is 2.74. The summed E-state index contributed by atoms with van der Waals surface area (Å²) >= 11 is 0. The SMILES string of the molecule is CCC(C)(N)COCCN1CCNC1=O. The molecule has 1 saturated heterocycles. The number of hydrogen-bond donors (Lipinski definition) is 2. The van der Waals surface area contributed by atoms with E-state index in [1.807, 2.05) is 13.8 Å². The van der Waals surface area contributed by atoms with Crippen molar-refractivity contribution in [1.29, 1.82) is 0 Å². The topological polar surface area (TPSA) is 67.6 Å². The Hall–Kier alpha value is -0.810. The van der Waals surface area contributed by atoms with Crippen molar-refractivity contribution < 1.29 is 9.53 Å². The van der Waals surface area contributed by atoms with Gasteiger partial charge in [-0.2, -0.15) is 0 Å². The van der Waals surface area contributed by atoms with Gasteiger partial charge in [0.05, 0.1) is 13.2 Å². The number of rotatable bonds is 6. The predicted molar refractivity (Wildman–Crippen MR) is 58.7 cm³/mol. The molecule has 5 nitrogen and oxygen atoms in total. The smallest absolute Gasteiger partial charge is 0.317 e. The van der Waals surface area contributed by atoms with E-state index in [4.69, 9.17) is 10.5 Å². The molecule has 0 saturated carbocycles. The molecule has 1 fully saturated rings. The largest absolute Gasteiger partial charge is 0.378 e. The molecule has 5 heteroatoms. The molecule has 1 unspecified atom stereocenters. The van der Waals surface area contributed by atoms with Gasteiger partial charge >= 0.3 is 6.03 Å². The summed E-state index contributed by atoms with van der Waals surface area (Å²) in [4.78, 5) is 12.9. The Morgan fingerprint density at radius 2 is 2.40 bits per heavy atom. The van der Waals surface area contributed by atoms with E-state index in [1.165, 1.54) is 0 Å². The highest BCUT2D eigenvalue weighted by molar-refractivity contribution is 5.76. The Bertz CT molecular complexity index is 219. The van der Waals surface area contributed by atoms with E-state index < -0.39 is 0 Å². The zero-order valence-corrected chi connectivity index (χ0v) is 9.58. The Balaban J connectivity index is 2.09. The fraction of sp³-hybridized carbons (Fsp3) is 0.900. The van der Waals surface area contributed by atoms with Crippen LogP contribution in [0.15, 0.2) is 0 Å². The standard InChI is InChI=1S/C10H21N3O2/c1-3-10(2,11)8-15-7-6-13-5-4-12-9(13)14/h3-8,11H2,1-2H3,(H,12,14). The van der Waals surface area contributed by atoms with Crippen LogP contribution in [-0.2, 0) is 4.74 Å².